The number of piperazine rings is 1. The third kappa shape index (κ3) is 3.68. The van der Waals surface area contributed by atoms with E-state index in [1.165, 1.54) is 22.1 Å². The van der Waals surface area contributed by atoms with Gasteiger partial charge in [-0.15, -0.1) is 0 Å². The first-order valence-electron chi connectivity index (χ1n) is 6.66. The van der Waals surface area contributed by atoms with Crippen molar-refractivity contribution in [3.05, 3.63) is 24.3 Å². The Morgan fingerprint density at radius 1 is 1.38 bits per heavy atom. The topological polar surface area (TPSA) is 62.7 Å². The van der Waals surface area contributed by atoms with Crippen LogP contribution in [0.2, 0.25) is 0 Å². The zero-order chi connectivity index (χ0) is 15.6. The normalized spacial score (nSPS) is 16.1. The van der Waals surface area contributed by atoms with Gasteiger partial charge in [-0.05, 0) is 26.8 Å². The molecule has 2 heterocycles. The predicted octanol–water partition coefficient (Wildman–Crippen LogP) is 1.80. The lowest BCUT2D eigenvalue weighted by Gasteiger charge is -2.35. The zero-order valence-electron chi connectivity index (χ0n) is 12.3. The van der Waals surface area contributed by atoms with Crippen molar-refractivity contribution in [3.8, 4) is 0 Å². The summed E-state index contributed by atoms with van der Waals surface area (Å²) >= 11 is 0. The predicted molar refractivity (Wildman–Crippen MR) is 74.4 cm³/mol. The van der Waals surface area contributed by atoms with Crippen LogP contribution in [0.5, 0.6) is 0 Å². The maximum Gasteiger partial charge on any atom is 0.410 e. The second-order valence-corrected chi connectivity index (χ2v) is 5.77. The van der Waals surface area contributed by atoms with E-state index in [4.69, 9.17) is 4.74 Å². The number of anilines is 1. The number of hydrogen-bond acceptors (Lipinski definition) is 4. The standard InChI is InChI=1S/C14H18FN3O3/c1-14(2,3)21-13(20)17-6-7-18(12(19)9-17)11-4-5-16-8-10(11)15/h4-5,8H,6-7,9H2,1-3H3. The van der Waals surface area contributed by atoms with Crippen molar-refractivity contribution in [2.75, 3.05) is 24.5 Å². The van der Waals surface area contributed by atoms with Crippen molar-refractivity contribution in [1.82, 2.24) is 9.88 Å². The summed E-state index contributed by atoms with van der Waals surface area (Å²) in [4.78, 5) is 30.3. The molecule has 1 aromatic rings. The molecule has 0 radical (unpaired) electrons. The highest BCUT2D eigenvalue weighted by atomic mass is 19.1. The fourth-order valence-electron chi connectivity index (χ4n) is 2.00. The summed E-state index contributed by atoms with van der Waals surface area (Å²) in [6.45, 7) is 5.66. The average Bonchev–Trinajstić information content (AvgIpc) is 2.38. The lowest BCUT2D eigenvalue weighted by Crippen LogP contribution is -2.53. The summed E-state index contributed by atoms with van der Waals surface area (Å²) in [5.41, 5.74) is -0.437. The van der Waals surface area contributed by atoms with Crippen LogP contribution < -0.4 is 4.90 Å². The molecule has 1 aliphatic rings. The van der Waals surface area contributed by atoms with Crippen LogP contribution in [0, 0.1) is 5.82 Å². The van der Waals surface area contributed by atoms with Crippen LogP contribution in [0.1, 0.15) is 20.8 Å². The van der Waals surface area contributed by atoms with E-state index in [-0.39, 0.29) is 24.7 Å². The minimum absolute atomic E-state index is 0.128. The van der Waals surface area contributed by atoms with Gasteiger partial charge >= 0.3 is 6.09 Å². The van der Waals surface area contributed by atoms with E-state index in [1.54, 1.807) is 20.8 Å². The maximum absolute atomic E-state index is 13.7. The lowest BCUT2D eigenvalue weighted by atomic mass is 10.2. The van der Waals surface area contributed by atoms with Gasteiger partial charge in [-0.2, -0.15) is 0 Å². The number of hydrogen-bond donors (Lipinski definition) is 0. The minimum atomic E-state index is -0.617. The molecule has 21 heavy (non-hydrogen) atoms. The fraction of sp³-hybridized carbons (Fsp3) is 0.500. The number of aromatic nitrogens is 1. The van der Waals surface area contributed by atoms with Crippen molar-refractivity contribution in [1.29, 1.82) is 0 Å². The van der Waals surface area contributed by atoms with Crippen LogP contribution in [-0.4, -0.2) is 47.1 Å². The van der Waals surface area contributed by atoms with Gasteiger partial charge < -0.3 is 9.64 Å². The highest BCUT2D eigenvalue weighted by molar-refractivity contribution is 5.97. The SMILES string of the molecule is CC(C)(C)OC(=O)N1CCN(c2ccncc2F)C(=O)C1. The van der Waals surface area contributed by atoms with E-state index >= 15 is 0 Å². The Bertz CT molecular complexity index is 557. The number of amides is 2. The molecule has 0 N–H and O–H groups in total. The highest BCUT2D eigenvalue weighted by Crippen LogP contribution is 2.21. The van der Waals surface area contributed by atoms with Crippen LogP contribution in [0.15, 0.2) is 18.5 Å². The van der Waals surface area contributed by atoms with Gasteiger partial charge in [0.2, 0.25) is 5.91 Å². The Balaban J connectivity index is 2.05. The second kappa shape index (κ2) is 5.67. The van der Waals surface area contributed by atoms with Crippen molar-refractivity contribution < 1.29 is 18.7 Å². The average molecular weight is 295 g/mol. The molecule has 0 spiro atoms. The van der Waals surface area contributed by atoms with Gasteiger partial charge in [-0.1, -0.05) is 0 Å². The van der Waals surface area contributed by atoms with E-state index in [1.807, 2.05) is 0 Å². The number of carbonyl (C=O) groups is 2. The van der Waals surface area contributed by atoms with E-state index < -0.39 is 17.5 Å². The van der Waals surface area contributed by atoms with Crippen LogP contribution in [0.25, 0.3) is 0 Å². The molecule has 1 aromatic heterocycles. The third-order valence-corrected chi connectivity index (χ3v) is 2.91. The van der Waals surface area contributed by atoms with Crippen LogP contribution in [-0.2, 0) is 9.53 Å². The summed E-state index contributed by atoms with van der Waals surface area (Å²) in [5.74, 6) is -0.909. The highest BCUT2D eigenvalue weighted by Gasteiger charge is 2.31. The first kappa shape index (κ1) is 15.2. The summed E-state index contributed by atoms with van der Waals surface area (Å²) in [7, 11) is 0. The Morgan fingerprint density at radius 2 is 2.10 bits per heavy atom. The largest absolute Gasteiger partial charge is 0.444 e. The molecule has 0 aromatic carbocycles. The van der Waals surface area contributed by atoms with Crippen LogP contribution >= 0.6 is 0 Å². The van der Waals surface area contributed by atoms with E-state index in [0.29, 0.717) is 6.54 Å². The summed E-state index contributed by atoms with van der Waals surface area (Å²) in [5, 5.41) is 0. The number of halogens is 1. The van der Waals surface area contributed by atoms with Crippen molar-refractivity contribution >= 4 is 17.7 Å². The van der Waals surface area contributed by atoms with E-state index in [0.717, 1.165) is 6.20 Å². The molecular formula is C14H18FN3O3. The molecule has 0 saturated carbocycles. The molecule has 2 amide bonds. The third-order valence-electron chi connectivity index (χ3n) is 2.91. The van der Waals surface area contributed by atoms with Gasteiger partial charge in [0.15, 0.2) is 5.82 Å². The quantitative estimate of drug-likeness (QED) is 0.792. The van der Waals surface area contributed by atoms with Crippen molar-refractivity contribution in [3.63, 3.8) is 0 Å². The first-order valence-corrected chi connectivity index (χ1v) is 6.66. The molecule has 2 rings (SSSR count). The number of rotatable bonds is 1. The van der Waals surface area contributed by atoms with Gasteiger partial charge in [-0.3, -0.25) is 14.7 Å². The number of pyridine rings is 1. The smallest absolute Gasteiger partial charge is 0.410 e. The van der Waals surface area contributed by atoms with Crippen LogP contribution in [0.3, 0.4) is 0 Å². The Hall–Kier alpha value is -2.18. The molecule has 6 nitrogen and oxygen atoms in total. The number of carbonyl (C=O) groups excluding carboxylic acids is 2. The molecule has 1 aliphatic heterocycles. The molecule has 1 saturated heterocycles. The molecular weight excluding hydrogens is 277 g/mol. The molecule has 114 valence electrons. The van der Waals surface area contributed by atoms with Gasteiger partial charge in [0.25, 0.3) is 0 Å². The second-order valence-electron chi connectivity index (χ2n) is 5.77. The van der Waals surface area contributed by atoms with E-state index in [2.05, 4.69) is 4.98 Å². The zero-order valence-corrected chi connectivity index (χ0v) is 12.3. The van der Waals surface area contributed by atoms with Crippen molar-refractivity contribution in [2.45, 2.75) is 26.4 Å². The fourth-order valence-corrected chi connectivity index (χ4v) is 2.00. The molecule has 7 heteroatoms. The molecule has 0 aliphatic carbocycles. The first-order chi connectivity index (χ1) is 9.78. The Labute approximate surface area is 122 Å². The van der Waals surface area contributed by atoms with E-state index in [9.17, 15) is 14.0 Å². The maximum atomic E-state index is 13.7. The number of nitrogens with zero attached hydrogens (tertiary/aromatic N) is 3. The molecule has 0 unspecified atom stereocenters. The summed E-state index contributed by atoms with van der Waals surface area (Å²) in [6.07, 6.45) is 1.94. The Kier molecular flexibility index (Phi) is 4.11. The van der Waals surface area contributed by atoms with Crippen LogP contribution in [0.4, 0.5) is 14.9 Å². The lowest BCUT2D eigenvalue weighted by molar-refractivity contribution is -0.121. The van der Waals surface area contributed by atoms with Gasteiger partial charge in [-0.25, -0.2) is 9.18 Å². The summed E-state index contributed by atoms with van der Waals surface area (Å²) < 4.78 is 18.9. The molecule has 0 bridgehead atoms. The van der Waals surface area contributed by atoms with Gasteiger partial charge in [0.05, 0.1) is 11.9 Å². The number of ether oxygens (including phenoxy) is 1. The minimum Gasteiger partial charge on any atom is -0.444 e. The van der Waals surface area contributed by atoms with Gasteiger partial charge in [0.1, 0.15) is 12.1 Å². The molecule has 0 atom stereocenters. The van der Waals surface area contributed by atoms with Crippen molar-refractivity contribution in [2.24, 2.45) is 0 Å². The van der Waals surface area contributed by atoms with Gasteiger partial charge in [0, 0.05) is 19.3 Å². The monoisotopic (exact) mass is 295 g/mol. The summed E-state index contributed by atoms with van der Waals surface area (Å²) in [6, 6.07) is 1.44. The Morgan fingerprint density at radius 3 is 2.67 bits per heavy atom. The molecule has 1 fully saturated rings.